The summed E-state index contributed by atoms with van der Waals surface area (Å²) < 4.78 is 107. The van der Waals surface area contributed by atoms with Crippen LogP contribution in [0.4, 0.5) is 69.5 Å². The lowest BCUT2D eigenvalue weighted by molar-refractivity contribution is -0.275. The normalized spacial score (nSPS) is 14.5. The molecule has 2 aliphatic rings. The number of aromatic nitrogens is 2. The number of pyridine rings is 2. The molecule has 0 aliphatic carbocycles. The Hall–Kier alpha value is -6.39. The van der Waals surface area contributed by atoms with Gasteiger partial charge in [-0.15, -0.1) is 26.3 Å². The number of halogens is 9. The molecule has 22 heteroatoms. The van der Waals surface area contributed by atoms with Crippen LogP contribution in [-0.2, 0) is 0 Å². The van der Waals surface area contributed by atoms with Crippen LogP contribution in [0.15, 0.2) is 121 Å². The van der Waals surface area contributed by atoms with Gasteiger partial charge < -0.3 is 50.2 Å². The Kier molecular flexibility index (Phi) is 17.3. The van der Waals surface area contributed by atoms with E-state index in [0.717, 1.165) is 5.56 Å². The van der Waals surface area contributed by atoms with E-state index < -0.39 is 19.8 Å². The van der Waals surface area contributed by atoms with Gasteiger partial charge in [0, 0.05) is 66.6 Å². The van der Waals surface area contributed by atoms with Crippen LogP contribution in [-0.4, -0.2) is 88.5 Å². The first kappa shape index (κ1) is 51.0. The van der Waals surface area contributed by atoms with Crippen molar-refractivity contribution >= 4 is 58.6 Å². The van der Waals surface area contributed by atoms with E-state index in [-0.39, 0.29) is 35.3 Å². The molecule has 2 aromatic heterocycles. The predicted molar refractivity (Wildman–Crippen MR) is 243 cm³/mol. The molecule has 0 amide bonds. The van der Waals surface area contributed by atoms with E-state index in [2.05, 4.69) is 30.0 Å². The maximum absolute atomic E-state index is 13.4. The molecule has 360 valence electrons. The number of hydrogen-bond acceptors (Lipinski definition) is 12. The van der Waals surface area contributed by atoms with Crippen molar-refractivity contribution in [2.75, 3.05) is 46.6 Å². The lowest BCUT2D eigenvalue weighted by Gasteiger charge is -2.31. The fourth-order valence-electron chi connectivity index (χ4n) is 6.87. The first-order valence-electron chi connectivity index (χ1n) is 20.9. The fourth-order valence-corrected chi connectivity index (χ4v) is 7.08. The van der Waals surface area contributed by atoms with Gasteiger partial charge in [-0.1, -0.05) is 23.7 Å². The van der Waals surface area contributed by atoms with Crippen molar-refractivity contribution in [2.24, 2.45) is 0 Å². The number of ether oxygens (including phenoxy) is 2. The molecular weight excluding hydrogens is 931 g/mol. The molecule has 6 N–H and O–H groups in total. The predicted octanol–water partition coefficient (Wildman–Crippen LogP) is 9.33. The molecule has 0 saturated carbocycles. The quantitative estimate of drug-likeness (QED) is 0.0440. The SMILES string of the molecule is OB(O)c1ccc(F)cc1.OC1CCN(c2cc(Nc3ccc(OC(F)(F)F)cc3)cc(-c3ccc(F)cc3)n2)CC1.OC1CCN(c2cc(Nc3ccc(OC(F)(F)F)cc3)cc(Cl)n2)CC1. The second-order valence-electron chi connectivity index (χ2n) is 15.4. The summed E-state index contributed by atoms with van der Waals surface area (Å²) in [5.74, 6) is 0.0433. The maximum Gasteiger partial charge on any atom is 0.573 e. The molecule has 8 rings (SSSR count). The number of anilines is 6. The third-order valence-corrected chi connectivity index (χ3v) is 10.4. The van der Waals surface area contributed by atoms with Gasteiger partial charge in [0.1, 0.15) is 39.9 Å². The van der Waals surface area contributed by atoms with Crippen LogP contribution >= 0.6 is 11.6 Å². The molecule has 0 bridgehead atoms. The monoisotopic (exact) mass is 974 g/mol. The van der Waals surface area contributed by atoms with Crippen LogP contribution < -0.4 is 35.4 Å². The van der Waals surface area contributed by atoms with Crippen molar-refractivity contribution in [3.8, 4) is 22.8 Å². The maximum atomic E-state index is 13.4. The molecule has 2 saturated heterocycles. The Morgan fingerprint density at radius 3 is 1.35 bits per heavy atom. The van der Waals surface area contributed by atoms with Gasteiger partial charge in [0.15, 0.2) is 0 Å². The van der Waals surface area contributed by atoms with Gasteiger partial charge in [-0.2, -0.15) is 0 Å². The third-order valence-electron chi connectivity index (χ3n) is 10.2. The number of hydrogen-bond donors (Lipinski definition) is 6. The number of aliphatic hydroxyl groups is 2. The van der Waals surface area contributed by atoms with E-state index in [9.17, 15) is 45.3 Å². The van der Waals surface area contributed by atoms with E-state index >= 15 is 0 Å². The van der Waals surface area contributed by atoms with E-state index in [0.29, 0.717) is 103 Å². The average Bonchev–Trinajstić information content (AvgIpc) is 3.28. The Labute approximate surface area is 390 Å². The minimum absolute atomic E-state index is 0.289. The van der Waals surface area contributed by atoms with Crippen LogP contribution in [0, 0.1) is 11.6 Å². The summed E-state index contributed by atoms with van der Waals surface area (Å²) >= 11 is 6.09. The van der Waals surface area contributed by atoms with Gasteiger partial charge in [0.05, 0.1) is 17.9 Å². The van der Waals surface area contributed by atoms with Crippen molar-refractivity contribution in [1.82, 2.24) is 9.97 Å². The zero-order valence-electron chi connectivity index (χ0n) is 35.7. The molecule has 4 aromatic carbocycles. The molecule has 0 spiro atoms. The number of piperidine rings is 2. The van der Waals surface area contributed by atoms with Gasteiger partial charge >= 0.3 is 19.8 Å². The van der Waals surface area contributed by atoms with Crippen molar-refractivity contribution in [3.05, 3.63) is 138 Å². The van der Waals surface area contributed by atoms with Crippen molar-refractivity contribution in [1.29, 1.82) is 0 Å². The standard InChI is InChI=1S/C23H21F4N3O2.C17H17ClF3N3O2.C6H6BFO2/c24-16-3-1-15(2-4-16)21-13-18(14-22(29-21)30-11-9-19(31)10-12-30)28-17-5-7-20(8-6-17)32-23(25,26)27;18-15-9-12(10-16(23-15)24-7-5-13(25)6-8-24)22-11-1-3-14(4-2-11)26-17(19,20)21;8-6-3-1-5(2-4-6)7(9)10/h1-8,13-14,19,31H,9-12H2,(H,28,29);1-4,9-10,13,25H,5-8H2,(H,22,23);1-4,9-10H. The highest BCUT2D eigenvalue weighted by atomic mass is 35.5. The largest absolute Gasteiger partial charge is 0.573 e. The summed E-state index contributed by atoms with van der Waals surface area (Å²) in [6, 6.07) is 28.9. The summed E-state index contributed by atoms with van der Waals surface area (Å²) in [7, 11) is -1.51. The Bertz CT molecular complexity index is 2520. The van der Waals surface area contributed by atoms with Gasteiger partial charge in [0.25, 0.3) is 0 Å². The van der Waals surface area contributed by atoms with Crippen molar-refractivity contribution < 1.29 is 64.9 Å². The summed E-state index contributed by atoms with van der Waals surface area (Å²) in [5.41, 5.74) is 4.12. The van der Waals surface area contributed by atoms with Gasteiger partial charge in [-0.05, 0) is 128 Å². The number of benzene rings is 4. The van der Waals surface area contributed by atoms with E-state index in [1.807, 2.05) is 17.0 Å². The molecule has 6 aromatic rings. The Balaban J connectivity index is 0.000000189. The highest BCUT2D eigenvalue weighted by Crippen LogP contribution is 2.32. The first-order valence-corrected chi connectivity index (χ1v) is 21.3. The van der Waals surface area contributed by atoms with Crippen molar-refractivity contribution in [2.45, 2.75) is 50.6 Å². The molecular formula is C46H44BClF8N6O6. The number of nitrogens with zero attached hydrogens (tertiary/aromatic N) is 4. The van der Waals surface area contributed by atoms with Crippen LogP contribution in [0.1, 0.15) is 25.7 Å². The summed E-state index contributed by atoms with van der Waals surface area (Å²) in [6.07, 6.45) is -7.50. The lowest BCUT2D eigenvalue weighted by Crippen LogP contribution is -2.36. The molecule has 68 heavy (non-hydrogen) atoms. The molecule has 0 unspecified atom stereocenters. The summed E-state index contributed by atoms with van der Waals surface area (Å²) in [6.45, 7) is 2.64. The van der Waals surface area contributed by atoms with E-state index in [1.165, 1.54) is 84.9 Å². The van der Waals surface area contributed by atoms with Crippen molar-refractivity contribution in [3.63, 3.8) is 0 Å². The Morgan fingerprint density at radius 1 is 0.544 bits per heavy atom. The van der Waals surface area contributed by atoms with Gasteiger partial charge in [0.2, 0.25) is 0 Å². The number of aliphatic hydroxyl groups excluding tert-OH is 2. The molecule has 0 atom stereocenters. The van der Waals surface area contributed by atoms with Crippen LogP contribution in [0.5, 0.6) is 11.5 Å². The minimum atomic E-state index is -4.75. The topological polar surface area (TPSA) is 156 Å². The van der Waals surface area contributed by atoms with Crippen LogP contribution in [0.25, 0.3) is 11.3 Å². The van der Waals surface area contributed by atoms with Crippen LogP contribution in [0.2, 0.25) is 5.15 Å². The molecule has 2 fully saturated rings. The lowest BCUT2D eigenvalue weighted by atomic mass is 9.80. The highest BCUT2D eigenvalue weighted by Gasteiger charge is 2.32. The highest BCUT2D eigenvalue weighted by molar-refractivity contribution is 6.58. The summed E-state index contributed by atoms with van der Waals surface area (Å²) in [4.78, 5) is 13.1. The third kappa shape index (κ3) is 16.4. The molecule has 2 aliphatic heterocycles. The minimum Gasteiger partial charge on any atom is -0.423 e. The first-order chi connectivity index (χ1) is 32.2. The van der Waals surface area contributed by atoms with Crippen LogP contribution in [0.3, 0.4) is 0 Å². The fraction of sp³-hybridized carbons (Fsp3) is 0.261. The second kappa shape index (κ2) is 23.1. The smallest absolute Gasteiger partial charge is 0.423 e. The average molecular weight is 975 g/mol. The van der Waals surface area contributed by atoms with E-state index in [4.69, 9.17) is 26.6 Å². The molecule has 12 nitrogen and oxygen atoms in total. The van der Waals surface area contributed by atoms with Gasteiger partial charge in [-0.25, -0.2) is 18.7 Å². The zero-order valence-corrected chi connectivity index (χ0v) is 36.5. The van der Waals surface area contributed by atoms with Gasteiger partial charge in [-0.3, -0.25) is 0 Å². The second-order valence-corrected chi connectivity index (χ2v) is 15.8. The number of alkyl halides is 6. The molecule has 0 radical (unpaired) electrons. The van der Waals surface area contributed by atoms with E-state index in [1.54, 1.807) is 24.3 Å². The number of nitrogens with one attached hydrogen (secondary N) is 2. The number of rotatable bonds is 10. The molecule has 4 heterocycles. The zero-order chi connectivity index (χ0) is 49.0. The Morgan fingerprint density at radius 2 is 0.941 bits per heavy atom. The summed E-state index contributed by atoms with van der Waals surface area (Å²) in [5, 5.41) is 43.1.